The van der Waals surface area contributed by atoms with Gasteiger partial charge in [0.05, 0.1) is 11.6 Å². The number of aliphatic carboxylic acids is 1. The largest absolute Gasteiger partial charge is 0.490 e. The van der Waals surface area contributed by atoms with Crippen LogP contribution in [0.1, 0.15) is 23.6 Å². The van der Waals surface area contributed by atoms with Gasteiger partial charge in [-0.15, -0.1) is 0 Å². The molecular weight excluding hydrogens is 328 g/mol. The fourth-order valence-electron chi connectivity index (χ4n) is 2.21. The number of hydrogen-bond acceptors (Lipinski definition) is 3. The van der Waals surface area contributed by atoms with Crippen LogP contribution in [0.5, 0.6) is 11.5 Å². The lowest BCUT2D eigenvalue weighted by atomic mass is 10.1. The molecule has 0 aliphatic carbocycles. The molecule has 126 valence electrons. The highest BCUT2D eigenvalue weighted by molar-refractivity contribution is 6.32. The van der Waals surface area contributed by atoms with E-state index in [1.54, 1.807) is 12.1 Å². The fourth-order valence-corrected chi connectivity index (χ4v) is 2.49. The standard InChI is InChI=1S/C19H19ClO4/c1-3-23-17-11-14(7-8-18(21)22)10-16(20)19(17)24-12-15-6-4-5-13(2)9-15/h4-11H,3,12H2,1-2H3,(H,21,22). The molecule has 0 spiro atoms. The summed E-state index contributed by atoms with van der Waals surface area (Å²) >= 11 is 6.30. The lowest BCUT2D eigenvalue weighted by molar-refractivity contribution is -0.131. The summed E-state index contributed by atoms with van der Waals surface area (Å²) in [6, 6.07) is 11.4. The van der Waals surface area contributed by atoms with E-state index in [1.165, 1.54) is 6.08 Å². The minimum absolute atomic E-state index is 0.367. The maximum atomic E-state index is 10.6. The van der Waals surface area contributed by atoms with Gasteiger partial charge in [-0.3, -0.25) is 0 Å². The van der Waals surface area contributed by atoms with Crippen LogP contribution in [0.25, 0.3) is 6.08 Å². The molecule has 5 heteroatoms. The highest BCUT2D eigenvalue weighted by atomic mass is 35.5. The van der Waals surface area contributed by atoms with E-state index in [0.29, 0.717) is 35.3 Å². The van der Waals surface area contributed by atoms with E-state index in [2.05, 4.69) is 0 Å². The second kappa shape index (κ2) is 8.41. The molecule has 0 saturated heterocycles. The van der Waals surface area contributed by atoms with E-state index in [4.69, 9.17) is 26.2 Å². The van der Waals surface area contributed by atoms with Crippen LogP contribution in [0.2, 0.25) is 5.02 Å². The van der Waals surface area contributed by atoms with Crippen LogP contribution in [0.15, 0.2) is 42.5 Å². The average Bonchev–Trinajstić information content (AvgIpc) is 2.52. The molecule has 0 bridgehead atoms. The smallest absolute Gasteiger partial charge is 0.328 e. The normalized spacial score (nSPS) is 10.8. The van der Waals surface area contributed by atoms with Crippen molar-refractivity contribution in [3.63, 3.8) is 0 Å². The zero-order valence-electron chi connectivity index (χ0n) is 13.6. The Kier molecular flexibility index (Phi) is 6.27. The maximum Gasteiger partial charge on any atom is 0.328 e. The van der Waals surface area contributed by atoms with Crippen LogP contribution < -0.4 is 9.47 Å². The van der Waals surface area contributed by atoms with Crippen LogP contribution in [0, 0.1) is 6.92 Å². The summed E-state index contributed by atoms with van der Waals surface area (Å²) in [6.07, 6.45) is 2.51. The minimum atomic E-state index is -1.02. The van der Waals surface area contributed by atoms with E-state index < -0.39 is 5.97 Å². The summed E-state index contributed by atoms with van der Waals surface area (Å²) in [7, 11) is 0. The molecule has 1 N–H and O–H groups in total. The van der Waals surface area contributed by atoms with Crippen molar-refractivity contribution >= 4 is 23.6 Å². The number of rotatable bonds is 7. The molecule has 0 aliphatic heterocycles. The van der Waals surface area contributed by atoms with Crippen molar-refractivity contribution < 1.29 is 19.4 Å². The molecule has 0 saturated carbocycles. The molecule has 0 atom stereocenters. The average molecular weight is 347 g/mol. The first-order valence-electron chi connectivity index (χ1n) is 7.55. The molecule has 0 aromatic heterocycles. The summed E-state index contributed by atoms with van der Waals surface area (Å²) in [5.74, 6) is -0.0842. The highest BCUT2D eigenvalue weighted by Crippen LogP contribution is 2.37. The first-order chi connectivity index (χ1) is 11.5. The van der Waals surface area contributed by atoms with Crippen molar-refractivity contribution in [2.45, 2.75) is 20.5 Å². The van der Waals surface area contributed by atoms with Crippen LogP contribution in [0.3, 0.4) is 0 Å². The summed E-state index contributed by atoms with van der Waals surface area (Å²) in [5, 5.41) is 9.10. The van der Waals surface area contributed by atoms with Crippen molar-refractivity contribution in [2.24, 2.45) is 0 Å². The number of aryl methyl sites for hydroxylation is 1. The van der Waals surface area contributed by atoms with E-state index in [-0.39, 0.29) is 0 Å². The maximum absolute atomic E-state index is 10.6. The third-order valence-electron chi connectivity index (χ3n) is 3.22. The third kappa shape index (κ3) is 5.03. The molecule has 2 aromatic carbocycles. The molecule has 2 rings (SSSR count). The fraction of sp³-hybridized carbons (Fsp3) is 0.211. The molecule has 24 heavy (non-hydrogen) atoms. The molecule has 0 heterocycles. The molecule has 2 aromatic rings. The lowest BCUT2D eigenvalue weighted by Crippen LogP contribution is -2.01. The van der Waals surface area contributed by atoms with Crippen molar-refractivity contribution in [1.82, 2.24) is 0 Å². The summed E-state index contributed by atoms with van der Waals surface area (Å²) in [5.41, 5.74) is 2.82. The lowest BCUT2D eigenvalue weighted by Gasteiger charge is -2.14. The summed E-state index contributed by atoms with van der Waals surface area (Å²) in [6.45, 7) is 4.69. The quantitative estimate of drug-likeness (QED) is 0.737. The number of halogens is 1. The number of hydrogen-bond donors (Lipinski definition) is 1. The minimum Gasteiger partial charge on any atom is -0.490 e. The first kappa shape index (κ1) is 17.9. The van der Waals surface area contributed by atoms with Gasteiger partial charge in [-0.1, -0.05) is 41.4 Å². The molecule has 0 unspecified atom stereocenters. The number of benzene rings is 2. The predicted molar refractivity (Wildman–Crippen MR) is 94.8 cm³/mol. The van der Waals surface area contributed by atoms with Crippen LogP contribution in [0.4, 0.5) is 0 Å². The van der Waals surface area contributed by atoms with Crippen molar-refractivity contribution in [1.29, 1.82) is 0 Å². The second-order valence-corrected chi connectivity index (χ2v) is 5.62. The number of carboxylic acids is 1. The van der Waals surface area contributed by atoms with E-state index in [9.17, 15) is 4.79 Å². The molecule has 0 fully saturated rings. The van der Waals surface area contributed by atoms with E-state index in [1.807, 2.05) is 38.1 Å². The van der Waals surface area contributed by atoms with Gasteiger partial charge < -0.3 is 14.6 Å². The van der Waals surface area contributed by atoms with Gasteiger partial charge >= 0.3 is 5.97 Å². The van der Waals surface area contributed by atoms with Gasteiger partial charge in [0.2, 0.25) is 0 Å². The number of carbonyl (C=O) groups is 1. The molecular formula is C19H19ClO4. The summed E-state index contributed by atoms with van der Waals surface area (Å²) in [4.78, 5) is 10.6. The Hall–Kier alpha value is -2.46. The van der Waals surface area contributed by atoms with Crippen molar-refractivity contribution in [2.75, 3.05) is 6.61 Å². The van der Waals surface area contributed by atoms with Gasteiger partial charge in [0.15, 0.2) is 11.5 Å². The van der Waals surface area contributed by atoms with Gasteiger partial charge in [0.25, 0.3) is 0 Å². The highest BCUT2D eigenvalue weighted by Gasteiger charge is 2.12. The Labute approximate surface area is 146 Å². The zero-order chi connectivity index (χ0) is 17.5. The Bertz CT molecular complexity index is 753. The molecule has 0 amide bonds. The second-order valence-electron chi connectivity index (χ2n) is 5.21. The van der Waals surface area contributed by atoms with E-state index >= 15 is 0 Å². The van der Waals surface area contributed by atoms with Gasteiger partial charge in [0, 0.05) is 6.08 Å². The van der Waals surface area contributed by atoms with Gasteiger partial charge in [-0.25, -0.2) is 4.79 Å². The molecule has 4 nitrogen and oxygen atoms in total. The zero-order valence-corrected chi connectivity index (χ0v) is 14.3. The Morgan fingerprint density at radius 3 is 2.71 bits per heavy atom. The molecule has 0 aliphatic rings. The van der Waals surface area contributed by atoms with Crippen LogP contribution in [-0.4, -0.2) is 17.7 Å². The van der Waals surface area contributed by atoms with Crippen LogP contribution in [-0.2, 0) is 11.4 Å². The van der Waals surface area contributed by atoms with Gasteiger partial charge in [-0.05, 0) is 43.2 Å². The topological polar surface area (TPSA) is 55.8 Å². The Morgan fingerprint density at radius 1 is 1.25 bits per heavy atom. The Balaban J connectivity index is 2.25. The van der Waals surface area contributed by atoms with E-state index in [0.717, 1.165) is 17.2 Å². The van der Waals surface area contributed by atoms with Gasteiger partial charge in [-0.2, -0.15) is 0 Å². The number of ether oxygens (including phenoxy) is 2. The first-order valence-corrected chi connectivity index (χ1v) is 7.93. The monoisotopic (exact) mass is 346 g/mol. The SMILES string of the molecule is CCOc1cc(C=CC(=O)O)cc(Cl)c1OCc1cccc(C)c1. The van der Waals surface area contributed by atoms with Crippen molar-refractivity contribution in [3.05, 3.63) is 64.2 Å². The number of carboxylic acid groups (broad SMARTS) is 1. The predicted octanol–water partition coefficient (Wildman–Crippen LogP) is 4.72. The molecule has 0 radical (unpaired) electrons. The van der Waals surface area contributed by atoms with Gasteiger partial charge in [0.1, 0.15) is 6.61 Å². The summed E-state index contributed by atoms with van der Waals surface area (Å²) < 4.78 is 11.4. The third-order valence-corrected chi connectivity index (χ3v) is 3.50. The van der Waals surface area contributed by atoms with Crippen LogP contribution >= 0.6 is 11.6 Å². The Morgan fingerprint density at radius 2 is 2.04 bits per heavy atom. The van der Waals surface area contributed by atoms with Crippen molar-refractivity contribution in [3.8, 4) is 11.5 Å².